The molecule has 194 valence electrons. The summed E-state index contributed by atoms with van der Waals surface area (Å²) in [5, 5.41) is 3.06. The molecule has 0 saturated heterocycles. The third-order valence-corrected chi connectivity index (χ3v) is 5.00. The molecule has 4 amide bonds. The number of primary amides is 1. The maximum Gasteiger partial charge on any atom is 0.425 e. The number of carbonyl (C=O) groups excluding carboxylic acids is 3. The fourth-order valence-corrected chi connectivity index (χ4v) is 2.87. The van der Waals surface area contributed by atoms with E-state index < -0.39 is 24.2 Å². The molecule has 0 aliphatic rings. The largest absolute Gasteiger partial charge is 0.481 e. The summed E-state index contributed by atoms with van der Waals surface area (Å²) < 4.78 is 43.1. The Morgan fingerprint density at radius 1 is 1.17 bits per heavy atom. The molecule has 1 atom stereocenters. The van der Waals surface area contributed by atoms with E-state index in [0.29, 0.717) is 5.02 Å². The fraction of sp³-hybridized carbons (Fsp3) is 0.304. The van der Waals surface area contributed by atoms with E-state index in [1.165, 1.54) is 24.3 Å². The molecule has 0 bridgehead atoms. The summed E-state index contributed by atoms with van der Waals surface area (Å²) in [6.07, 6.45) is -6.49. The van der Waals surface area contributed by atoms with Gasteiger partial charge in [-0.3, -0.25) is 19.8 Å². The Morgan fingerprint density at radius 3 is 2.31 bits per heavy atom. The van der Waals surface area contributed by atoms with Crippen molar-refractivity contribution >= 4 is 41.6 Å². The van der Waals surface area contributed by atoms with Gasteiger partial charge in [0.2, 0.25) is 18.3 Å². The van der Waals surface area contributed by atoms with E-state index in [0.717, 1.165) is 17.4 Å². The predicted molar refractivity (Wildman–Crippen MR) is 128 cm³/mol. The minimum absolute atomic E-state index is 0.0162. The van der Waals surface area contributed by atoms with Crippen molar-refractivity contribution < 1.29 is 32.3 Å². The van der Waals surface area contributed by atoms with Crippen LogP contribution in [0.15, 0.2) is 53.5 Å². The number of urea groups is 1. The number of ether oxygens (including phenoxy) is 1. The van der Waals surface area contributed by atoms with Gasteiger partial charge in [-0.2, -0.15) is 13.2 Å². The van der Waals surface area contributed by atoms with Gasteiger partial charge >= 0.3 is 12.2 Å². The number of nitrogens with two attached hydrogens (primary N) is 1. The lowest BCUT2D eigenvalue weighted by Crippen LogP contribution is -2.48. The molecular weight excluding hydrogens is 503 g/mol. The zero-order chi connectivity index (χ0) is 26.9. The molecule has 2 aromatic rings. The second-order valence-corrected chi connectivity index (χ2v) is 8.10. The van der Waals surface area contributed by atoms with Crippen LogP contribution >= 0.6 is 11.6 Å². The Morgan fingerprint density at radius 2 is 1.78 bits per heavy atom. The number of alkyl halides is 3. The third-order valence-electron chi connectivity index (χ3n) is 4.75. The summed E-state index contributed by atoms with van der Waals surface area (Å²) in [7, 11) is 1.63. The Balaban J connectivity index is 2.27. The average Bonchev–Trinajstić information content (AvgIpc) is 2.80. The van der Waals surface area contributed by atoms with Gasteiger partial charge in [-0.25, -0.2) is 9.79 Å². The molecule has 0 radical (unpaired) electrons. The summed E-state index contributed by atoms with van der Waals surface area (Å²) in [5.74, 6) is -0.679. The average molecular weight is 528 g/mol. The first-order valence-electron chi connectivity index (χ1n) is 10.6. The maximum absolute atomic E-state index is 12.7. The van der Waals surface area contributed by atoms with Crippen LogP contribution in [-0.2, 0) is 16.1 Å². The quantitative estimate of drug-likeness (QED) is 0.292. The first-order valence-corrected chi connectivity index (χ1v) is 11.0. The number of amides is 4. The molecule has 9 nitrogen and oxygen atoms in total. The first kappa shape index (κ1) is 28.4. The summed E-state index contributed by atoms with van der Waals surface area (Å²) >= 11 is 5.92. The zero-order valence-corrected chi connectivity index (χ0v) is 20.2. The molecule has 0 aromatic heterocycles. The topological polar surface area (TPSA) is 117 Å². The predicted octanol–water partition coefficient (Wildman–Crippen LogP) is 3.83. The fourth-order valence-electron chi connectivity index (χ4n) is 2.74. The number of benzene rings is 2. The highest BCUT2D eigenvalue weighted by molar-refractivity contribution is 6.30. The van der Waals surface area contributed by atoms with Crippen molar-refractivity contribution in [3.8, 4) is 5.75 Å². The SMILES string of the molecule is CC(Oc1ccc(N=C(NC(=O)N(C=O)CCC(N)=O)N(C)Cc2ccc(Cl)cc2)cc1)C(F)(F)F. The highest BCUT2D eigenvalue weighted by Crippen LogP contribution is 2.26. The van der Waals surface area contributed by atoms with Crippen LogP contribution in [0.2, 0.25) is 5.02 Å². The number of hydrogen-bond acceptors (Lipinski definition) is 5. The number of carbonyl (C=O) groups is 3. The zero-order valence-electron chi connectivity index (χ0n) is 19.5. The molecule has 13 heteroatoms. The van der Waals surface area contributed by atoms with Crippen molar-refractivity contribution in [3.63, 3.8) is 0 Å². The minimum atomic E-state index is -4.52. The molecule has 0 aliphatic carbocycles. The number of guanidine groups is 1. The van der Waals surface area contributed by atoms with E-state index in [9.17, 15) is 27.6 Å². The summed E-state index contributed by atoms with van der Waals surface area (Å²) in [6.45, 7) is 0.938. The van der Waals surface area contributed by atoms with Gasteiger partial charge < -0.3 is 15.4 Å². The van der Waals surface area contributed by atoms with Crippen molar-refractivity contribution in [3.05, 3.63) is 59.1 Å². The number of rotatable bonds is 9. The molecule has 0 spiro atoms. The molecular formula is C23H25ClF3N5O4. The highest BCUT2D eigenvalue weighted by atomic mass is 35.5. The molecule has 2 rings (SSSR count). The molecule has 0 aliphatic heterocycles. The minimum Gasteiger partial charge on any atom is -0.481 e. The smallest absolute Gasteiger partial charge is 0.425 e. The van der Waals surface area contributed by atoms with Crippen LogP contribution < -0.4 is 15.8 Å². The van der Waals surface area contributed by atoms with E-state index in [1.807, 2.05) is 0 Å². The van der Waals surface area contributed by atoms with E-state index in [-0.39, 0.29) is 43.3 Å². The lowest BCUT2D eigenvalue weighted by atomic mass is 10.2. The van der Waals surface area contributed by atoms with Crippen LogP contribution in [-0.4, -0.2) is 60.0 Å². The standard InChI is InChI=1S/C23H25ClF3N5O4/c1-15(23(25,26)27)36-19-9-7-18(8-10-19)29-21(30-22(35)32(14-33)12-11-20(28)34)31(2)13-16-3-5-17(24)6-4-16/h3-10,14-15H,11-13H2,1-2H3,(H2,28,34)(H,29,30,35). The van der Waals surface area contributed by atoms with Crippen molar-refractivity contribution in [1.29, 1.82) is 0 Å². The van der Waals surface area contributed by atoms with Crippen LogP contribution in [0.1, 0.15) is 18.9 Å². The van der Waals surface area contributed by atoms with E-state index in [4.69, 9.17) is 22.1 Å². The third kappa shape index (κ3) is 9.10. The Labute approximate surface area is 210 Å². The van der Waals surface area contributed by atoms with Gasteiger partial charge in [-0.15, -0.1) is 0 Å². The molecule has 2 aromatic carbocycles. The van der Waals surface area contributed by atoms with Crippen LogP contribution in [0, 0.1) is 0 Å². The van der Waals surface area contributed by atoms with Gasteiger partial charge in [-0.1, -0.05) is 23.7 Å². The summed E-state index contributed by atoms with van der Waals surface area (Å²) in [6, 6.07) is 11.5. The molecule has 3 N–H and O–H groups in total. The lowest BCUT2D eigenvalue weighted by Gasteiger charge is -2.24. The molecule has 0 fully saturated rings. The molecule has 0 saturated carbocycles. The Kier molecular flexibility index (Phi) is 10.1. The van der Waals surface area contributed by atoms with Crippen LogP contribution in [0.5, 0.6) is 5.75 Å². The number of imide groups is 1. The van der Waals surface area contributed by atoms with E-state index in [2.05, 4.69) is 10.3 Å². The number of hydrogen-bond donors (Lipinski definition) is 2. The first-order chi connectivity index (χ1) is 16.9. The van der Waals surface area contributed by atoms with Crippen molar-refractivity contribution in [1.82, 2.24) is 15.1 Å². The summed E-state index contributed by atoms with van der Waals surface area (Å²) in [5.41, 5.74) is 6.20. The number of nitrogens with one attached hydrogen (secondary N) is 1. The highest BCUT2D eigenvalue weighted by Gasteiger charge is 2.38. The van der Waals surface area contributed by atoms with Crippen molar-refractivity contribution in [2.24, 2.45) is 10.7 Å². The van der Waals surface area contributed by atoms with Crippen molar-refractivity contribution in [2.75, 3.05) is 13.6 Å². The van der Waals surface area contributed by atoms with Gasteiger partial charge in [0.15, 0.2) is 6.10 Å². The molecule has 0 heterocycles. The maximum atomic E-state index is 12.7. The van der Waals surface area contributed by atoms with Crippen LogP contribution in [0.25, 0.3) is 0 Å². The molecule has 1 unspecified atom stereocenters. The van der Waals surface area contributed by atoms with Gasteiger partial charge in [0.1, 0.15) is 5.75 Å². The second-order valence-electron chi connectivity index (χ2n) is 7.66. The van der Waals surface area contributed by atoms with Gasteiger partial charge in [0, 0.05) is 31.6 Å². The summed E-state index contributed by atoms with van der Waals surface area (Å²) in [4.78, 5) is 41.7. The number of aliphatic imine (C=N–C) groups is 1. The Bertz CT molecular complexity index is 1080. The van der Waals surface area contributed by atoms with Crippen LogP contribution in [0.4, 0.5) is 23.7 Å². The van der Waals surface area contributed by atoms with Gasteiger partial charge in [-0.05, 0) is 48.9 Å². The van der Waals surface area contributed by atoms with Crippen molar-refractivity contribution in [2.45, 2.75) is 32.2 Å². The second kappa shape index (κ2) is 12.8. The lowest BCUT2D eigenvalue weighted by molar-refractivity contribution is -0.189. The van der Waals surface area contributed by atoms with Crippen LogP contribution in [0.3, 0.4) is 0 Å². The number of nitrogens with zero attached hydrogens (tertiary/aromatic N) is 3. The normalized spacial score (nSPS) is 12.4. The number of halogens is 4. The van der Waals surface area contributed by atoms with Gasteiger partial charge in [0.25, 0.3) is 0 Å². The monoisotopic (exact) mass is 527 g/mol. The van der Waals surface area contributed by atoms with Gasteiger partial charge in [0.05, 0.1) is 5.69 Å². The molecule has 36 heavy (non-hydrogen) atoms. The van der Waals surface area contributed by atoms with E-state index >= 15 is 0 Å². The van der Waals surface area contributed by atoms with E-state index in [1.54, 1.807) is 36.2 Å². The Hall–Kier alpha value is -3.80.